The lowest BCUT2D eigenvalue weighted by Gasteiger charge is -2.34. The van der Waals surface area contributed by atoms with Crippen molar-refractivity contribution in [2.24, 2.45) is 0 Å². The molecule has 24 heavy (non-hydrogen) atoms. The fourth-order valence-corrected chi connectivity index (χ4v) is 2.79. The highest BCUT2D eigenvalue weighted by atomic mass is 16.5. The molecule has 3 rings (SSSR count). The molecule has 0 spiro atoms. The minimum absolute atomic E-state index is 0.108. The molecule has 126 valence electrons. The molecule has 1 atom stereocenters. The maximum atomic E-state index is 12.7. The van der Waals surface area contributed by atoms with E-state index in [-0.39, 0.29) is 18.9 Å². The average molecular weight is 329 g/mol. The Labute approximate surface area is 139 Å². The minimum atomic E-state index is -0.933. The van der Waals surface area contributed by atoms with E-state index in [1.807, 2.05) is 29.1 Å². The monoisotopic (exact) mass is 329 g/mol. The molecule has 0 bridgehead atoms. The minimum Gasteiger partial charge on any atom is -0.481 e. The summed E-state index contributed by atoms with van der Waals surface area (Å²) in [6, 6.07) is 8.76. The lowest BCUT2D eigenvalue weighted by molar-refractivity contribution is -0.139. The molecule has 1 aliphatic rings. The topological polar surface area (TPSA) is 84.7 Å². The second-order valence-electron chi connectivity index (χ2n) is 5.73. The zero-order chi connectivity index (χ0) is 16.9. The number of carboxylic acid groups (broad SMARTS) is 1. The number of aromatic nitrogens is 2. The first-order chi connectivity index (χ1) is 11.6. The summed E-state index contributed by atoms with van der Waals surface area (Å²) in [6.45, 7) is 1.74. The van der Waals surface area contributed by atoms with E-state index < -0.39 is 12.0 Å². The van der Waals surface area contributed by atoms with Crippen molar-refractivity contribution in [2.75, 3.05) is 19.8 Å². The van der Waals surface area contributed by atoms with Gasteiger partial charge >= 0.3 is 5.97 Å². The van der Waals surface area contributed by atoms with Crippen molar-refractivity contribution in [3.8, 4) is 0 Å². The van der Waals surface area contributed by atoms with Crippen molar-refractivity contribution in [3.63, 3.8) is 0 Å². The molecule has 2 aromatic rings. The standard InChI is InChI=1S/C17H19N3O4/c21-16(22)10-15-12-24-9-8-20(15)17(23)14-4-2-13(3-5-14)11-19-7-1-6-18-19/h1-7,15H,8-12H2,(H,21,22)/t15-/m0/s1. The molecule has 1 aromatic carbocycles. The van der Waals surface area contributed by atoms with Gasteiger partial charge in [-0.3, -0.25) is 14.3 Å². The maximum absolute atomic E-state index is 12.7. The van der Waals surface area contributed by atoms with Gasteiger partial charge in [0, 0.05) is 24.5 Å². The van der Waals surface area contributed by atoms with Crippen molar-refractivity contribution in [1.82, 2.24) is 14.7 Å². The van der Waals surface area contributed by atoms with Gasteiger partial charge in [-0.15, -0.1) is 0 Å². The van der Waals surface area contributed by atoms with E-state index in [0.29, 0.717) is 25.3 Å². The quantitative estimate of drug-likeness (QED) is 0.892. The molecule has 1 aromatic heterocycles. The van der Waals surface area contributed by atoms with E-state index in [4.69, 9.17) is 9.84 Å². The number of hydrogen-bond acceptors (Lipinski definition) is 4. The van der Waals surface area contributed by atoms with Crippen LogP contribution in [0.3, 0.4) is 0 Å². The van der Waals surface area contributed by atoms with Crippen molar-refractivity contribution in [1.29, 1.82) is 0 Å². The zero-order valence-electron chi connectivity index (χ0n) is 13.2. The Hall–Kier alpha value is -2.67. The predicted octanol–water partition coefficient (Wildman–Crippen LogP) is 1.25. The Morgan fingerprint density at radius 1 is 1.29 bits per heavy atom. The number of carbonyl (C=O) groups is 2. The Balaban J connectivity index is 1.70. The number of aliphatic carboxylic acids is 1. The van der Waals surface area contributed by atoms with Gasteiger partial charge in [0.05, 0.1) is 32.2 Å². The second-order valence-corrected chi connectivity index (χ2v) is 5.73. The number of benzene rings is 1. The smallest absolute Gasteiger partial charge is 0.305 e. The summed E-state index contributed by atoms with van der Waals surface area (Å²) in [6.07, 6.45) is 3.49. The summed E-state index contributed by atoms with van der Waals surface area (Å²) in [5.74, 6) is -1.09. The van der Waals surface area contributed by atoms with Gasteiger partial charge in [0.25, 0.3) is 5.91 Å². The fourth-order valence-electron chi connectivity index (χ4n) is 2.79. The third-order valence-electron chi connectivity index (χ3n) is 4.00. The van der Waals surface area contributed by atoms with Crippen molar-refractivity contribution in [3.05, 3.63) is 53.9 Å². The number of ether oxygens (including phenoxy) is 1. The summed E-state index contributed by atoms with van der Waals surface area (Å²) >= 11 is 0. The molecule has 1 N–H and O–H groups in total. The lowest BCUT2D eigenvalue weighted by atomic mass is 10.1. The molecule has 1 aliphatic heterocycles. The van der Waals surface area contributed by atoms with Gasteiger partial charge in [-0.05, 0) is 23.8 Å². The van der Waals surface area contributed by atoms with Crippen LogP contribution >= 0.6 is 0 Å². The van der Waals surface area contributed by atoms with Crippen LogP contribution in [0.1, 0.15) is 22.3 Å². The van der Waals surface area contributed by atoms with Crippen molar-refractivity contribution < 1.29 is 19.4 Å². The molecule has 0 radical (unpaired) electrons. The Morgan fingerprint density at radius 2 is 2.08 bits per heavy atom. The predicted molar refractivity (Wildman–Crippen MR) is 85.7 cm³/mol. The van der Waals surface area contributed by atoms with Gasteiger partial charge in [-0.1, -0.05) is 12.1 Å². The van der Waals surface area contributed by atoms with Crippen LogP contribution in [0.5, 0.6) is 0 Å². The molecule has 2 heterocycles. The zero-order valence-corrected chi connectivity index (χ0v) is 13.2. The van der Waals surface area contributed by atoms with E-state index >= 15 is 0 Å². The van der Waals surface area contributed by atoms with Crippen LogP contribution in [0, 0.1) is 0 Å². The first-order valence-corrected chi connectivity index (χ1v) is 7.80. The number of amides is 1. The summed E-state index contributed by atoms with van der Waals surface area (Å²) in [5.41, 5.74) is 1.59. The van der Waals surface area contributed by atoms with Gasteiger partial charge in [-0.2, -0.15) is 5.10 Å². The first-order valence-electron chi connectivity index (χ1n) is 7.80. The summed E-state index contributed by atoms with van der Waals surface area (Å²) < 4.78 is 7.12. The van der Waals surface area contributed by atoms with E-state index in [1.54, 1.807) is 23.2 Å². The third kappa shape index (κ3) is 3.80. The first kappa shape index (κ1) is 16.2. The Morgan fingerprint density at radius 3 is 2.75 bits per heavy atom. The second kappa shape index (κ2) is 7.27. The Bertz CT molecular complexity index is 697. The van der Waals surface area contributed by atoms with Crippen LogP contribution in [0.15, 0.2) is 42.7 Å². The van der Waals surface area contributed by atoms with Crippen LogP contribution < -0.4 is 0 Å². The summed E-state index contributed by atoms with van der Waals surface area (Å²) in [5, 5.41) is 13.1. The summed E-state index contributed by atoms with van der Waals surface area (Å²) in [7, 11) is 0. The lowest BCUT2D eigenvalue weighted by Crippen LogP contribution is -2.49. The number of hydrogen-bond donors (Lipinski definition) is 1. The molecule has 7 nitrogen and oxygen atoms in total. The highest BCUT2D eigenvalue weighted by Crippen LogP contribution is 2.16. The highest BCUT2D eigenvalue weighted by molar-refractivity contribution is 5.94. The van der Waals surface area contributed by atoms with Crippen LogP contribution in [0.2, 0.25) is 0 Å². The van der Waals surface area contributed by atoms with Gasteiger partial charge < -0.3 is 14.7 Å². The molecule has 1 fully saturated rings. The molecule has 0 saturated carbocycles. The summed E-state index contributed by atoms with van der Waals surface area (Å²) in [4.78, 5) is 25.2. The van der Waals surface area contributed by atoms with Crippen LogP contribution in [0.4, 0.5) is 0 Å². The van der Waals surface area contributed by atoms with E-state index in [2.05, 4.69) is 5.10 Å². The molecule has 7 heteroatoms. The molecular weight excluding hydrogens is 310 g/mol. The van der Waals surface area contributed by atoms with Crippen LogP contribution in [-0.2, 0) is 16.1 Å². The van der Waals surface area contributed by atoms with Crippen LogP contribution in [0.25, 0.3) is 0 Å². The highest BCUT2D eigenvalue weighted by Gasteiger charge is 2.29. The van der Waals surface area contributed by atoms with Gasteiger partial charge in [0.15, 0.2) is 0 Å². The van der Waals surface area contributed by atoms with E-state index in [1.165, 1.54) is 0 Å². The maximum Gasteiger partial charge on any atom is 0.305 e. The van der Waals surface area contributed by atoms with E-state index in [9.17, 15) is 9.59 Å². The molecule has 0 unspecified atom stereocenters. The van der Waals surface area contributed by atoms with Crippen molar-refractivity contribution in [2.45, 2.75) is 19.0 Å². The van der Waals surface area contributed by atoms with E-state index in [0.717, 1.165) is 5.56 Å². The Kier molecular flexibility index (Phi) is 4.90. The fraction of sp³-hybridized carbons (Fsp3) is 0.353. The number of rotatable bonds is 5. The molecule has 0 aliphatic carbocycles. The molecule has 1 saturated heterocycles. The molecule has 1 amide bonds. The van der Waals surface area contributed by atoms with Gasteiger partial charge in [0.2, 0.25) is 0 Å². The average Bonchev–Trinajstić information content (AvgIpc) is 3.08. The SMILES string of the molecule is O=C(O)C[C@H]1COCCN1C(=O)c1ccc(Cn2cccn2)cc1. The number of carbonyl (C=O) groups excluding carboxylic acids is 1. The number of morpholine rings is 1. The van der Waals surface area contributed by atoms with Crippen LogP contribution in [-0.4, -0.2) is 57.5 Å². The number of carboxylic acids is 1. The van der Waals surface area contributed by atoms with Gasteiger partial charge in [-0.25, -0.2) is 0 Å². The molecular formula is C17H19N3O4. The van der Waals surface area contributed by atoms with Crippen molar-refractivity contribution >= 4 is 11.9 Å². The normalized spacial score (nSPS) is 17.7. The largest absolute Gasteiger partial charge is 0.481 e. The number of nitrogens with zero attached hydrogens (tertiary/aromatic N) is 3. The third-order valence-corrected chi connectivity index (χ3v) is 4.00. The van der Waals surface area contributed by atoms with Gasteiger partial charge in [0.1, 0.15) is 0 Å².